The molecule has 2 rings (SSSR count). The summed E-state index contributed by atoms with van der Waals surface area (Å²) in [7, 11) is 0. The molecule has 8 heteroatoms. The van der Waals surface area contributed by atoms with Crippen molar-refractivity contribution in [3.8, 4) is 0 Å². The number of benzene rings is 2. The number of carbonyl (C=O) groups excluding carboxylic acids is 2. The van der Waals surface area contributed by atoms with E-state index in [9.17, 15) is 14.0 Å². The van der Waals surface area contributed by atoms with Crippen LogP contribution in [0.5, 0.6) is 0 Å². The van der Waals surface area contributed by atoms with Crippen LogP contribution in [0.2, 0.25) is 15.1 Å². The molecule has 0 saturated carbocycles. The third kappa shape index (κ3) is 6.51. The van der Waals surface area contributed by atoms with Crippen molar-refractivity contribution in [1.82, 2.24) is 4.90 Å². The van der Waals surface area contributed by atoms with E-state index < -0.39 is 11.7 Å². The Morgan fingerprint density at radius 2 is 1.86 bits per heavy atom. The monoisotopic (exact) mass is 442 g/mol. The molecular formula is C20H18Cl3FN2O2. The van der Waals surface area contributed by atoms with E-state index >= 15 is 0 Å². The molecule has 2 amide bonds. The lowest BCUT2D eigenvalue weighted by Crippen LogP contribution is -2.37. The van der Waals surface area contributed by atoms with Crippen molar-refractivity contribution in [3.05, 3.63) is 68.9 Å². The summed E-state index contributed by atoms with van der Waals surface area (Å²) in [5.74, 6) is -1.28. The first kappa shape index (κ1) is 22.2. The van der Waals surface area contributed by atoms with Crippen LogP contribution < -0.4 is 5.32 Å². The Balaban J connectivity index is 2.05. The first-order chi connectivity index (χ1) is 13.3. The second-order valence-electron chi connectivity index (χ2n) is 5.94. The molecule has 0 saturated heterocycles. The van der Waals surface area contributed by atoms with Gasteiger partial charge in [-0.05, 0) is 48.4 Å². The number of nitrogens with zero attached hydrogens (tertiary/aromatic N) is 1. The predicted molar refractivity (Wildman–Crippen MR) is 112 cm³/mol. The summed E-state index contributed by atoms with van der Waals surface area (Å²) in [6.45, 7) is 2.14. The van der Waals surface area contributed by atoms with Crippen LogP contribution in [0, 0.1) is 5.82 Å². The number of rotatable bonds is 7. The van der Waals surface area contributed by atoms with Crippen molar-refractivity contribution in [2.75, 3.05) is 18.4 Å². The average Bonchev–Trinajstić information content (AvgIpc) is 2.65. The fourth-order valence-electron chi connectivity index (χ4n) is 2.38. The van der Waals surface area contributed by atoms with Crippen molar-refractivity contribution in [2.45, 2.75) is 13.3 Å². The summed E-state index contributed by atoms with van der Waals surface area (Å²) in [6.07, 6.45) is 3.51. The second kappa shape index (κ2) is 10.5. The predicted octanol–water partition coefficient (Wildman–Crippen LogP) is 5.68. The van der Waals surface area contributed by atoms with Gasteiger partial charge in [-0.1, -0.05) is 47.8 Å². The highest BCUT2D eigenvalue weighted by atomic mass is 35.5. The Labute approximate surface area is 177 Å². The molecule has 0 aliphatic rings. The van der Waals surface area contributed by atoms with Crippen LogP contribution in [0.1, 0.15) is 18.9 Å². The van der Waals surface area contributed by atoms with Gasteiger partial charge in [0, 0.05) is 17.6 Å². The topological polar surface area (TPSA) is 49.4 Å². The summed E-state index contributed by atoms with van der Waals surface area (Å²) in [6, 6.07) is 8.86. The minimum Gasteiger partial charge on any atom is -0.330 e. The lowest BCUT2D eigenvalue weighted by molar-refractivity contribution is -0.130. The standard InChI is InChI=1S/C20H18Cl3FN2O2/c1-2-9-26(12-19(27)25-18-11-14(21)5-6-15(18)22)20(28)8-4-13-3-7-17(24)16(23)10-13/h3-8,10-11H,2,9,12H2,1H3,(H,25,27)/b8-4+. The maximum Gasteiger partial charge on any atom is 0.247 e. The fourth-order valence-corrected chi connectivity index (χ4v) is 2.91. The van der Waals surface area contributed by atoms with Crippen LogP contribution >= 0.6 is 34.8 Å². The normalized spacial score (nSPS) is 10.9. The molecule has 28 heavy (non-hydrogen) atoms. The van der Waals surface area contributed by atoms with Crippen molar-refractivity contribution in [3.63, 3.8) is 0 Å². The van der Waals surface area contributed by atoms with Crippen LogP contribution in [0.15, 0.2) is 42.5 Å². The highest BCUT2D eigenvalue weighted by Crippen LogP contribution is 2.25. The van der Waals surface area contributed by atoms with Gasteiger partial charge < -0.3 is 10.2 Å². The molecule has 0 spiro atoms. The van der Waals surface area contributed by atoms with Crippen LogP contribution in [0.4, 0.5) is 10.1 Å². The maximum atomic E-state index is 13.2. The fraction of sp³-hybridized carbons (Fsp3) is 0.200. The third-order valence-corrected chi connectivity index (χ3v) is 4.56. The van der Waals surface area contributed by atoms with Gasteiger partial charge >= 0.3 is 0 Å². The zero-order valence-electron chi connectivity index (χ0n) is 15.0. The van der Waals surface area contributed by atoms with Gasteiger partial charge in [0.15, 0.2) is 0 Å². The zero-order chi connectivity index (χ0) is 20.7. The van der Waals surface area contributed by atoms with E-state index in [1.54, 1.807) is 12.1 Å². The molecular weight excluding hydrogens is 426 g/mol. The molecule has 2 aromatic carbocycles. The number of halogens is 4. The molecule has 0 unspecified atom stereocenters. The smallest absolute Gasteiger partial charge is 0.247 e. The van der Waals surface area contributed by atoms with E-state index in [1.807, 2.05) is 6.92 Å². The highest BCUT2D eigenvalue weighted by molar-refractivity contribution is 6.35. The molecule has 0 aliphatic carbocycles. The summed E-state index contributed by atoms with van der Waals surface area (Å²) >= 11 is 17.7. The molecule has 0 bridgehead atoms. The quantitative estimate of drug-likeness (QED) is 0.560. The largest absolute Gasteiger partial charge is 0.330 e. The first-order valence-corrected chi connectivity index (χ1v) is 9.60. The summed E-state index contributed by atoms with van der Waals surface area (Å²) in [5.41, 5.74) is 0.950. The number of nitrogens with one attached hydrogen (secondary N) is 1. The van der Waals surface area contributed by atoms with Crippen LogP contribution in [-0.4, -0.2) is 29.8 Å². The van der Waals surface area contributed by atoms with Crippen molar-refractivity contribution >= 4 is 58.4 Å². The van der Waals surface area contributed by atoms with Crippen LogP contribution in [-0.2, 0) is 9.59 Å². The molecule has 0 aliphatic heterocycles. The summed E-state index contributed by atoms with van der Waals surface area (Å²) in [4.78, 5) is 26.2. The zero-order valence-corrected chi connectivity index (χ0v) is 17.3. The lowest BCUT2D eigenvalue weighted by Gasteiger charge is -2.20. The van der Waals surface area contributed by atoms with Crippen LogP contribution in [0.3, 0.4) is 0 Å². The minimum atomic E-state index is -0.533. The van der Waals surface area contributed by atoms with Gasteiger partial charge in [-0.3, -0.25) is 9.59 Å². The van der Waals surface area contributed by atoms with Gasteiger partial charge in [0.1, 0.15) is 12.4 Å². The number of anilines is 1. The van der Waals surface area contributed by atoms with E-state index in [0.717, 1.165) is 0 Å². The van der Waals surface area contributed by atoms with Gasteiger partial charge in [-0.15, -0.1) is 0 Å². The lowest BCUT2D eigenvalue weighted by atomic mass is 10.2. The molecule has 4 nitrogen and oxygen atoms in total. The highest BCUT2D eigenvalue weighted by Gasteiger charge is 2.15. The van der Waals surface area contributed by atoms with E-state index in [1.165, 1.54) is 41.3 Å². The van der Waals surface area contributed by atoms with E-state index in [0.29, 0.717) is 34.3 Å². The van der Waals surface area contributed by atoms with Gasteiger partial charge in [0.25, 0.3) is 0 Å². The SMILES string of the molecule is CCCN(CC(=O)Nc1cc(Cl)ccc1Cl)C(=O)/C=C/c1ccc(F)c(Cl)c1. The van der Waals surface area contributed by atoms with Gasteiger partial charge in [-0.25, -0.2) is 4.39 Å². The molecule has 0 radical (unpaired) electrons. The molecule has 0 atom stereocenters. The number of amides is 2. The molecule has 1 N–H and O–H groups in total. The summed E-state index contributed by atoms with van der Waals surface area (Å²) in [5, 5.41) is 3.40. The Morgan fingerprint density at radius 3 is 2.54 bits per heavy atom. The van der Waals surface area contributed by atoms with Gasteiger partial charge in [-0.2, -0.15) is 0 Å². The maximum absolute atomic E-state index is 13.2. The second-order valence-corrected chi connectivity index (χ2v) is 7.19. The van der Waals surface area contributed by atoms with Crippen LogP contribution in [0.25, 0.3) is 6.08 Å². The van der Waals surface area contributed by atoms with E-state index in [4.69, 9.17) is 34.8 Å². The molecule has 0 aromatic heterocycles. The Morgan fingerprint density at radius 1 is 1.11 bits per heavy atom. The summed E-state index contributed by atoms with van der Waals surface area (Å²) < 4.78 is 13.2. The van der Waals surface area contributed by atoms with E-state index in [-0.39, 0.29) is 17.5 Å². The number of hydrogen-bond donors (Lipinski definition) is 1. The van der Waals surface area contributed by atoms with Gasteiger partial charge in [0.05, 0.1) is 15.7 Å². The number of hydrogen-bond acceptors (Lipinski definition) is 2. The van der Waals surface area contributed by atoms with Crippen molar-refractivity contribution in [2.24, 2.45) is 0 Å². The number of carbonyl (C=O) groups is 2. The molecule has 148 valence electrons. The average molecular weight is 444 g/mol. The first-order valence-electron chi connectivity index (χ1n) is 8.47. The molecule has 2 aromatic rings. The van der Waals surface area contributed by atoms with E-state index in [2.05, 4.69) is 5.32 Å². The molecule has 0 fully saturated rings. The molecule has 0 heterocycles. The van der Waals surface area contributed by atoms with Crippen molar-refractivity contribution < 1.29 is 14.0 Å². The Kier molecular flexibility index (Phi) is 8.30. The van der Waals surface area contributed by atoms with Gasteiger partial charge in [0.2, 0.25) is 11.8 Å². The third-order valence-electron chi connectivity index (χ3n) is 3.70. The minimum absolute atomic E-state index is 0.0298. The Bertz CT molecular complexity index is 903. The Hall–Kier alpha value is -2.08. The van der Waals surface area contributed by atoms with Crippen molar-refractivity contribution in [1.29, 1.82) is 0 Å².